The van der Waals surface area contributed by atoms with Gasteiger partial charge in [-0.1, -0.05) is 0 Å². The summed E-state index contributed by atoms with van der Waals surface area (Å²) in [6, 6.07) is 0. The van der Waals surface area contributed by atoms with Gasteiger partial charge in [0.05, 0.1) is 6.10 Å². The molecule has 1 aliphatic heterocycles. The van der Waals surface area contributed by atoms with Crippen molar-refractivity contribution in [2.75, 3.05) is 39.4 Å². The van der Waals surface area contributed by atoms with Gasteiger partial charge in [0.1, 0.15) is 6.67 Å². The van der Waals surface area contributed by atoms with E-state index in [1.807, 2.05) is 4.90 Å². The molecule has 1 unspecified atom stereocenters. The fourth-order valence-electron chi connectivity index (χ4n) is 1.47. The normalized spacial score (nSPS) is 20.9. The molecule has 1 heterocycles. The van der Waals surface area contributed by atoms with E-state index < -0.39 is 18.9 Å². The number of aliphatic hydroxyl groups is 1. The summed E-state index contributed by atoms with van der Waals surface area (Å²) in [4.78, 5) is 13.7. The monoisotopic (exact) mass is 206 g/mol. The number of carbonyl (C=O) groups is 1. The predicted molar refractivity (Wildman–Crippen MR) is 48.0 cm³/mol. The average Bonchev–Trinajstić information content (AvgIpc) is 2.18. The second-order valence-corrected chi connectivity index (χ2v) is 3.38. The van der Waals surface area contributed by atoms with Crippen molar-refractivity contribution in [3.8, 4) is 0 Å². The third-order valence-electron chi connectivity index (χ3n) is 2.29. The zero-order chi connectivity index (χ0) is 10.6. The molecule has 0 aromatic rings. The number of amides is 1. The zero-order valence-electron chi connectivity index (χ0n) is 7.90. The average molecular weight is 206 g/mol. The second-order valence-electron chi connectivity index (χ2n) is 3.38. The molecule has 0 aromatic heterocycles. The molecule has 0 aromatic carbocycles. The predicted octanol–water partition coefficient (Wildman–Crippen LogP) is -0.388. The highest BCUT2D eigenvalue weighted by molar-refractivity contribution is 5.65. The third-order valence-corrected chi connectivity index (χ3v) is 2.29. The Labute approximate surface area is 81.7 Å². The fraction of sp³-hybridized carbons (Fsp3) is 0.875. The van der Waals surface area contributed by atoms with Crippen LogP contribution in [0.4, 0.5) is 9.18 Å². The third kappa shape index (κ3) is 3.12. The first-order valence-electron chi connectivity index (χ1n) is 4.57. The molecular formula is C8H15FN2O3. The van der Waals surface area contributed by atoms with Crippen LogP contribution in [0.3, 0.4) is 0 Å². The molecule has 0 saturated carbocycles. The van der Waals surface area contributed by atoms with Gasteiger partial charge in [-0.3, -0.25) is 4.90 Å². The highest BCUT2D eigenvalue weighted by atomic mass is 19.1. The molecule has 5 nitrogen and oxygen atoms in total. The number of halogens is 1. The Bertz CT molecular complexity index is 195. The summed E-state index contributed by atoms with van der Waals surface area (Å²) in [5.41, 5.74) is 0. The smallest absolute Gasteiger partial charge is 0.407 e. The van der Waals surface area contributed by atoms with Crippen LogP contribution in [0.25, 0.3) is 0 Å². The largest absolute Gasteiger partial charge is 0.465 e. The quantitative estimate of drug-likeness (QED) is 0.660. The van der Waals surface area contributed by atoms with Crippen molar-refractivity contribution < 1.29 is 19.4 Å². The summed E-state index contributed by atoms with van der Waals surface area (Å²) in [6.07, 6.45) is -1.87. The number of alkyl halides is 1. The van der Waals surface area contributed by atoms with Crippen molar-refractivity contribution in [3.05, 3.63) is 0 Å². The van der Waals surface area contributed by atoms with Gasteiger partial charge in [-0.15, -0.1) is 0 Å². The van der Waals surface area contributed by atoms with E-state index in [0.29, 0.717) is 26.2 Å². The molecule has 1 aliphatic rings. The summed E-state index contributed by atoms with van der Waals surface area (Å²) in [5, 5.41) is 17.7. The molecule has 6 heteroatoms. The van der Waals surface area contributed by atoms with Crippen molar-refractivity contribution in [3.63, 3.8) is 0 Å². The number of hydrogen-bond acceptors (Lipinski definition) is 3. The molecule has 0 spiro atoms. The van der Waals surface area contributed by atoms with Gasteiger partial charge in [-0.05, 0) is 0 Å². The summed E-state index contributed by atoms with van der Waals surface area (Å²) >= 11 is 0. The molecule has 1 atom stereocenters. The topological polar surface area (TPSA) is 64.0 Å². The minimum atomic E-state index is -0.952. The van der Waals surface area contributed by atoms with Crippen LogP contribution in [0.1, 0.15) is 0 Å². The van der Waals surface area contributed by atoms with E-state index >= 15 is 0 Å². The molecule has 0 bridgehead atoms. The number of piperazine rings is 1. The van der Waals surface area contributed by atoms with Gasteiger partial charge < -0.3 is 15.1 Å². The molecule has 82 valence electrons. The van der Waals surface area contributed by atoms with Gasteiger partial charge in [0.2, 0.25) is 0 Å². The van der Waals surface area contributed by atoms with Gasteiger partial charge in [-0.2, -0.15) is 0 Å². The van der Waals surface area contributed by atoms with E-state index in [4.69, 9.17) is 10.2 Å². The lowest BCUT2D eigenvalue weighted by Gasteiger charge is -2.33. The molecule has 0 radical (unpaired) electrons. The summed E-state index contributed by atoms with van der Waals surface area (Å²) < 4.78 is 12.0. The van der Waals surface area contributed by atoms with Crippen LogP contribution in [0.5, 0.6) is 0 Å². The Balaban J connectivity index is 2.25. The highest BCUT2D eigenvalue weighted by Crippen LogP contribution is 2.03. The number of aliphatic hydroxyl groups excluding tert-OH is 1. The van der Waals surface area contributed by atoms with E-state index in [0.717, 1.165) is 0 Å². The number of β-amino-alcohol motifs (C(OH)–C–C–N with tert-alkyl or cyclic N) is 1. The lowest BCUT2D eigenvalue weighted by atomic mass is 10.3. The molecular weight excluding hydrogens is 191 g/mol. The molecule has 1 rings (SSSR count). The van der Waals surface area contributed by atoms with Gasteiger partial charge in [0.25, 0.3) is 0 Å². The molecule has 0 aliphatic carbocycles. The first kappa shape index (κ1) is 11.2. The highest BCUT2D eigenvalue weighted by Gasteiger charge is 2.21. The molecule has 1 amide bonds. The molecule has 2 N–H and O–H groups in total. The minimum absolute atomic E-state index is 0.282. The van der Waals surface area contributed by atoms with Crippen molar-refractivity contribution in [1.82, 2.24) is 9.80 Å². The SMILES string of the molecule is O=C(O)N1CCN(CC(O)CF)CC1. The Morgan fingerprint density at radius 2 is 1.93 bits per heavy atom. The Morgan fingerprint density at radius 3 is 2.36 bits per heavy atom. The molecule has 14 heavy (non-hydrogen) atoms. The van der Waals surface area contributed by atoms with Crippen LogP contribution in [0.15, 0.2) is 0 Å². The van der Waals surface area contributed by atoms with Crippen molar-refractivity contribution in [2.24, 2.45) is 0 Å². The van der Waals surface area contributed by atoms with Crippen molar-refractivity contribution in [2.45, 2.75) is 6.10 Å². The maximum atomic E-state index is 12.0. The van der Waals surface area contributed by atoms with E-state index in [-0.39, 0.29) is 6.54 Å². The van der Waals surface area contributed by atoms with E-state index in [2.05, 4.69) is 0 Å². The van der Waals surface area contributed by atoms with Gasteiger partial charge >= 0.3 is 6.09 Å². The second kappa shape index (κ2) is 5.11. The van der Waals surface area contributed by atoms with E-state index in [1.165, 1.54) is 4.90 Å². The van der Waals surface area contributed by atoms with Gasteiger partial charge in [-0.25, -0.2) is 9.18 Å². The number of nitrogens with zero attached hydrogens (tertiary/aromatic N) is 2. The maximum absolute atomic E-state index is 12.0. The van der Waals surface area contributed by atoms with E-state index in [1.54, 1.807) is 0 Å². The summed E-state index contributed by atoms with van der Waals surface area (Å²) in [7, 11) is 0. The number of carboxylic acid groups (broad SMARTS) is 1. The Hall–Kier alpha value is -0.880. The Morgan fingerprint density at radius 1 is 1.36 bits per heavy atom. The molecule has 1 fully saturated rings. The van der Waals surface area contributed by atoms with Gasteiger partial charge in [0, 0.05) is 32.7 Å². The summed E-state index contributed by atoms with van der Waals surface area (Å²) in [5.74, 6) is 0. The Kier molecular flexibility index (Phi) is 4.09. The van der Waals surface area contributed by atoms with Crippen LogP contribution in [-0.2, 0) is 0 Å². The van der Waals surface area contributed by atoms with Crippen LogP contribution in [-0.4, -0.2) is 71.6 Å². The minimum Gasteiger partial charge on any atom is -0.465 e. The maximum Gasteiger partial charge on any atom is 0.407 e. The number of rotatable bonds is 3. The van der Waals surface area contributed by atoms with Gasteiger partial charge in [0.15, 0.2) is 0 Å². The van der Waals surface area contributed by atoms with Crippen LogP contribution in [0.2, 0.25) is 0 Å². The van der Waals surface area contributed by atoms with Crippen molar-refractivity contribution in [1.29, 1.82) is 0 Å². The van der Waals surface area contributed by atoms with Crippen molar-refractivity contribution >= 4 is 6.09 Å². The standard InChI is InChI=1S/C8H15FN2O3/c9-5-7(12)6-10-1-3-11(4-2-10)8(13)14/h7,12H,1-6H2,(H,13,14). The van der Waals surface area contributed by atoms with Crippen LogP contribution >= 0.6 is 0 Å². The summed E-state index contributed by atoms with van der Waals surface area (Å²) in [6.45, 7) is 1.50. The lowest BCUT2D eigenvalue weighted by molar-refractivity contribution is 0.0589. The first-order chi connectivity index (χ1) is 6.63. The number of hydrogen-bond donors (Lipinski definition) is 2. The van der Waals surface area contributed by atoms with Crippen LogP contribution in [0, 0.1) is 0 Å². The van der Waals surface area contributed by atoms with E-state index in [9.17, 15) is 9.18 Å². The molecule has 1 saturated heterocycles. The fourth-order valence-corrected chi connectivity index (χ4v) is 1.47. The first-order valence-corrected chi connectivity index (χ1v) is 4.57. The van der Waals surface area contributed by atoms with Crippen LogP contribution < -0.4 is 0 Å². The zero-order valence-corrected chi connectivity index (χ0v) is 7.90. The lowest BCUT2D eigenvalue weighted by Crippen LogP contribution is -2.50.